The van der Waals surface area contributed by atoms with E-state index in [0.29, 0.717) is 0 Å². The van der Waals surface area contributed by atoms with Gasteiger partial charge in [-0.3, -0.25) is 4.98 Å². The van der Waals surface area contributed by atoms with Crippen molar-refractivity contribution in [1.82, 2.24) is 4.98 Å². The highest BCUT2D eigenvalue weighted by Crippen LogP contribution is 2.30. The molecule has 0 aliphatic rings. The predicted molar refractivity (Wildman–Crippen MR) is 85.1 cm³/mol. The van der Waals surface area contributed by atoms with Crippen molar-refractivity contribution >= 4 is 16.5 Å². The maximum atomic E-state index is 5.99. The zero-order chi connectivity index (χ0) is 14.4. The number of nitrogens with two attached hydrogens (primary N) is 1. The maximum absolute atomic E-state index is 5.99. The molecule has 1 heterocycles. The summed E-state index contributed by atoms with van der Waals surface area (Å²) < 4.78 is 5.93. The van der Waals surface area contributed by atoms with E-state index < -0.39 is 0 Å². The van der Waals surface area contributed by atoms with Crippen molar-refractivity contribution in [3.05, 3.63) is 30.1 Å². The number of unbranched alkanes of at least 4 members (excludes halogenated alkanes) is 4. The van der Waals surface area contributed by atoms with Crippen molar-refractivity contribution < 1.29 is 4.74 Å². The molecule has 2 N–H and O–H groups in total. The maximum Gasteiger partial charge on any atom is 0.127 e. The largest absolute Gasteiger partial charge is 0.493 e. The summed E-state index contributed by atoms with van der Waals surface area (Å²) >= 11 is 0. The molecule has 20 heavy (non-hydrogen) atoms. The van der Waals surface area contributed by atoms with Crippen molar-refractivity contribution in [2.24, 2.45) is 0 Å². The lowest BCUT2D eigenvalue weighted by Crippen LogP contribution is -1.99. The van der Waals surface area contributed by atoms with Gasteiger partial charge in [-0.2, -0.15) is 0 Å². The molecule has 2 aromatic rings. The van der Waals surface area contributed by atoms with Gasteiger partial charge in [0.15, 0.2) is 0 Å². The average molecular weight is 272 g/mol. The fraction of sp³-hybridized carbons (Fsp3) is 0.471. The Morgan fingerprint density at radius 3 is 2.70 bits per heavy atom. The average Bonchev–Trinajstić information content (AvgIpc) is 2.45. The Hall–Kier alpha value is -1.77. The molecule has 0 aliphatic carbocycles. The molecule has 1 aromatic heterocycles. The molecule has 0 bridgehead atoms. The third kappa shape index (κ3) is 3.62. The molecule has 3 nitrogen and oxygen atoms in total. The summed E-state index contributed by atoms with van der Waals surface area (Å²) in [6.45, 7) is 4.98. The van der Waals surface area contributed by atoms with Crippen LogP contribution in [-0.2, 0) is 0 Å². The van der Waals surface area contributed by atoms with Crippen molar-refractivity contribution in [3.63, 3.8) is 0 Å². The van der Waals surface area contributed by atoms with E-state index >= 15 is 0 Å². The number of nitrogen functional groups attached to an aromatic ring is 1. The number of rotatable bonds is 7. The monoisotopic (exact) mass is 272 g/mol. The normalized spacial score (nSPS) is 10.9. The van der Waals surface area contributed by atoms with Crippen LogP contribution in [-0.4, -0.2) is 11.6 Å². The Morgan fingerprint density at radius 1 is 1.10 bits per heavy atom. The minimum atomic E-state index is 0.753. The van der Waals surface area contributed by atoms with E-state index in [1.54, 1.807) is 0 Å². The van der Waals surface area contributed by atoms with Gasteiger partial charge in [0, 0.05) is 28.4 Å². The van der Waals surface area contributed by atoms with Crippen LogP contribution in [0.3, 0.4) is 0 Å². The first kappa shape index (κ1) is 14.6. The van der Waals surface area contributed by atoms with Gasteiger partial charge in [0.25, 0.3) is 0 Å². The van der Waals surface area contributed by atoms with Gasteiger partial charge < -0.3 is 10.5 Å². The first-order valence-electron chi connectivity index (χ1n) is 7.50. The first-order valence-corrected chi connectivity index (χ1v) is 7.50. The molecule has 0 fully saturated rings. The Balaban J connectivity index is 2.03. The number of nitrogens with zero attached hydrogens (tertiary/aromatic N) is 1. The van der Waals surface area contributed by atoms with Gasteiger partial charge in [-0.05, 0) is 31.5 Å². The molecule has 1 aromatic carbocycles. The summed E-state index contributed by atoms with van der Waals surface area (Å²) in [5.74, 6) is 0.912. The zero-order valence-corrected chi connectivity index (χ0v) is 12.5. The molecule has 108 valence electrons. The molecular formula is C17H24N2O. The third-order valence-corrected chi connectivity index (χ3v) is 3.54. The first-order chi connectivity index (χ1) is 9.72. The van der Waals surface area contributed by atoms with E-state index in [9.17, 15) is 0 Å². The fourth-order valence-electron chi connectivity index (χ4n) is 2.35. The summed E-state index contributed by atoms with van der Waals surface area (Å²) in [5, 5.41) is 2.03. The summed E-state index contributed by atoms with van der Waals surface area (Å²) in [7, 11) is 0. The highest BCUT2D eigenvalue weighted by molar-refractivity contribution is 5.96. The number of pyridine rings is 1. The summed E-state index contributed by atoms with van der Waals surface area (Å²) in [6, 6.07) is 5.90. The molecule has 0 spiro atoms. The Kier molecular flexibility index (Phi) is 5.22. The van der Waals surface area contributed by atoms with Crippen molar-refractivity contribution in [2.45, 2.75) is 46.0 Å². The second-order valence-electron chi connectivity index (χ2n) is 5.29. The highest BCUT2D eigenvalue weighted by atomic mass is 16.5. The standard InChI is InChI=1S/C17H24N2O/c1-3-4-5-6-7-10-20-17-9-8-16(18)15-12-19-13(2)11-14(15)17/h8-9,11-12H,3-7,10,18H2,1-2H3. The van der Waals surface area contributed by atoms with E-state index in [1.165, 1.54) is 25.7 Å². The second-order valence-corrected chi connectivity index (χ2v) is 5.29. The minimum absolute atomic E-state index is 0.753. The molecule has 0 aliphatic heterocycles. The van der Waals surface area contributed by atoms with Crippen LogP contribution in [0.25, 0.3) is 10.8 Å². The lowest BCUT2D eigenvalue weighted by atomic mass is 10.1. The summed E-state index contributed by atoms with van der Waals surface area (Å²) in [5.41, 5.74) is 7.72. The SMILES string of the molecule is CCCCCCCOc1ccc(N)c2cnc(C)cc12. The Bertz CT molecular complexity index is 566. The molecule has 3 heteroatoms. The van der Waals surface area contributed by atoms with Gasteiger partial charge in [0.2, 0.25) is 0 Å². The van der Waals surface area contributed by atoms with E-state index in [2.05, 4.69) is 11.9 Å². The molecule has 0 atom stereocenters. The molecule has 0 radical (unpaired) electrons. The predicted octanol–water partition coefficient (Wildman–Crippen LogP) is 4.47. The molecule has 0 saturated carbocycles. The van der Waals surface area contributed by atoms with Crippen molar-refractivity contribution in [2.75, 3.05) is 12.3 Å². The molecule has 0 unspecified atom stereocenters. The number of benzene rings is 1. The fourth-order valence-corrected chi connectivity index (χ4v) is 2.35. The van der Waals surface area contributed by atoms with E-state index in [-0.39, 0.29) is 0 Å². The van der Waals surface area contributed by atoms with Gasteiger partial charge in [-0.25, -0.2) is 0 Å². The Labute approximate surface area is 121 Å². The van der Waals surface area contributed by atoms with Crippen LogP contribution in [0.15, 0.2) is 24.4 Å². The van der Waals surface area contributed by atoms with Gasteiger partial charge >= 0.3 is 0 Å². The summed E-state index contributed by atoms with van der Waals surface area (Å²) in [4.78, 5) is 4.30. The van der Waals surface area contributed by atoms with Crippen LogP contribution < -0.4 is 10.5 Å². The smallest absolute Gasteiger partial charge is 0.127 e. The lowest BCUT2D eigenvalue weighted by Gasteiger charge is -2.11. The van der Waals surface area contributed by atoms with Crippen LogP contribution in [0.4, 0.5) is 5.69 Å². The van der Waals surface area contributed by atoms with E-state index in [0.717, 1.165) is 40.9 Å². The van der Waals surface area contributed by atoms with Crippen LogP contribution in [0, 0.1) is 6.92 Å². The second kappa shape index (κ2) is 7.13. The van der Waals surface area contributed by atoms with Crippen LogP contribution in [0.2, 0.25) is 0 Å². The molecule has 0 amide bonds. The van der Waals surface area contributed by atoms with Gasteiger partial charge in [-0.15, -0.1) is 0 Å². The topological polar surface area (TPSA) is 48.1 Å². The number of anilines is 1. The van der Waals surface area contributed by atoms with Crippen LogP contribution in [0.1, 0.15) is 44.7 Å². The van der Waals surface area contributed by atoms with Crippen LogP contribution >= 0.6 is 0 Å². The van der Waals surface area contributed by atoms with Gasteiger partial charge in [0.05, 0.1) is 6.61 Å². The van der Waals surface area contributed by atoms with Crippen molar-refractivity contribution in [1.29, 1.82) is 0 Å². The zero-order valence-electron chi connectivity index (χ0n) is 12.5. The lowest BCUT2D eigenvalue weighted by molar-refractivity contribution is 0.308. The number of hydrogen-bond donors (Lipinski definition) is 1. The number of fused-ring (bicyclic) bond motifs is 1. The minimum Gasteiger partial charge on any atom is -0.493 e. The number of ether oxygens (including phenoxy) is 1. The molecular weight excluding hydrogens is 248 g/mol. The van der Waals surface area contributed by atoms with E-state index in [1.807, 2.05) is 31.3 Å². The highest BCUT2D eigenvalue weighted by Gasteiger charge is 2.06. The number of aryl methyl sites for hydroxylation is 1. The van der Waals surface area contributed by atoms with Crippen LogP contribution in [0.5, 0.6) is 5.75 Å². The Morgan fingerprint density at radius 2 is 1.90 bits per heavy atom. The van der Waals surface area contributed by atoms with E-state index in [4.69, 9.17) is 10.5 Å². The van der Waals surface area contributed by atoms with Gasteiger partial charge in [0.1, 0.15) is 5.75 Å². The molecule has 2 rings (SSSR count). The quantitative estimate of drug-likeness (QED) is 0.597. The van der Waals surface area contributed by atoms with Gasteiger partial charge in [-0.1, -0.05) is 32.6 Å². The molecule has 0 saturated heterocycles. The number of hydrogen-bond acceptors (Lipinski definition) is 3. The van der Waals surface area contributed by atoms with Crippen molar-refractivity contribution in [3.8, 4) is 5.75 Å². The summed E-state index contributed by atoms with van der Waals surface area (Å²) in [6.07, 6.45) is 8.06. The number of aromatic nitrogens is 1. The third-order valence-electron chi connectivity index (χ3n) is 3.54.